The summed E-state index contributed by atoms with van der Waals surface area (Å²) in [6, 6.07) is 7.78. The van der Waals surface area contributed by atoms with Crippen LogP contribution in [-0.4, -0.2) is 41.4 Å². The summed E-state index contributed by atoms with van der Waals surface area (Å²) in [6.45, 7) is 2.79. The average molecular weight is 314 g/mol. The third kappa shape index (κ3) is 3.54. The molecule has 1 heterocycles. The van der Waals surface area contributed by atoms with Gasteiger partial charge in [-0.05, 0) is 36.9 Å². The second kappa shape index (κ2) is 6.66. The molecular formula is C14H20BrNO2. The molecule has 1 aliphatic heterocycles. The number of halogens is 1. The highest BCUT2D eigenvalue weighted by Gasteiger charge is 2.22. The van der Waals surface area contributed by atoms with Crippen LogP contribution in [0.3, 0.4) is 0 Å². The van der Waals surface area contributed by atoms with Crippen LogP contribution in [0.5, 0.6) is 0 Å². The maximum Gasteiger partial charge on any atom is 0.0927 e. The second-order valence-corrected chi connectivity index (χ2v) is 5.84. The summed E-state index contributed by atoms with van der Waals surface area (Å²) in [5.74, 6) is 0.366. The Kier molecular flexibility index (Phi) is 5.18. The maximum atomic E-state index is 10.3. The minimum absolute atomic E-state index is 0.252. The Morgan fingerprint density at radius 1 is 1.39 bits per heavy atom. The van der Waals surface area contributed by atoms with Gasteiger partial charge >= 0.3 is 0 Å². The van der Waals surface area contributed by atoms with Gasteiger partial charge in [0, 0.05) is 24.2 Å². The average Bonchev–Trinajstić information content (AvgIpc) is 2.39. The number of piperidine rings is 1. The summed E-state index contributed by atoms with van der Waals surface area (Å²) in [4.78, 5) is 2.24. The van der Waals surface area contributed by atoms with Gasteiger partial charge in [0.05, 0.1) is 6.10 Å². The number of aliphatic hydroxyl groups is 2. The van der Waals surface area contributed by atoms with Crippen LogP contribution in [0.15, 0.2) is 28.7 Å². The van der Waals surface area contributed by atoms with Crippen molar-refractivity contribution in [3.63, 3.8) is 0 Å². The van der Waals surface area contributed by atoms with Crippen LogP contribution < -0.4 is 0 Å². The molecule has 100 valence electrons. The zero-order valence-electron chi connectivity index (χ0n) is 10.4. The highest BCUT2D eigenvalue weighted by molar-refractivity contribution is 9.10. The van der Waals surface area contributed by atoms with Crippen molar-refractivity contribution in [1.82, 2.24) is 4.90 Å². The maximum absolute atomic E-state index is 10.3. The molecule has 1 saturated heterocycles. The van der Waals surface area contributed by atoms with E-state index in [0.29, 0.717) is 12.5 Å². The van der Waals surface area contributed by atoms with Crippen molar-refractivity contribution in [2.45, 2.75) is 18.9 Å². The van der Waals surface area contributed by atoms with Crippen molar-refractivity contribution in [2.24, 2.45) is 5.92 Å². The van der Waals surface area contributed by atoms with E-state index in [1.807, 2.05) is 24.3 Å². The molecule has 1 fully saturated rings. The van der Waals surface area contributed by atoms with Crippen LogP contribution in [0.2, 0.25) is 0 Å². The smallest absolute Gasteiger partial charge is 0.0927 e. The molecule has 1 aliphatic rings. The highest BCUT2D eigenvalue weighted by Crippen LogP contribution is 2.25. The Labute approximate surface area is 117 Å². The number of hydrogen-bond acceptors (Lipinski definition) is 3. The van der Waals surface area contributed by atoms with Crippen molar-refractivity contribution < 1.29 is 10.2 Å². The van der Waals surface area contributed by atoms with Crippen molar-refractivity contribution in [3.8, 4) is 0 Å². The van der Waals surface area contributed by atoms with Crippen LogP contribution in [0, 0.1) is 5.92 Å². The minimum atomic E-state index is -0.474. The molecule has 0 bridgehead atoms. The van der Waals surface area contributed by atoms with E-state index < -0.39 is 6.10 Å². The standard InChI is InChI=1S/C14H20BrNO2/c15-13-6-2-1-5-12(13)14(18)9-16-7-3-4-11(8-16)10-17/h1-2,5-6,11,14,17-18H,3-4,7-10H2/t11-,14+/m1/s1. The molecule has 0 radical (unpaired) electrons. The van der Waals surface area contributed by atoms with E-state index in [2.05, 4.69) is 20.8 Å². The third-order valence-electron chi connectivity index (χ3n) is 3.56. The Morgan fingerprint density at radius 3 is 2.89 bits per heavy atom. The Bertz CT molecular complexity index is 386. The van der Waals surface area contributed by atoms with Crippen LogP contribution in [0.25, 0.3) is 0 Å². The summed E-state index contributed by atoms with van der Waals surface area (Å²) in [6.07, 6.45) is 1.73. The molecule has 0 saturated carbocycles. The van der Waals surface area contributed by atoms with Gasteiger partial charge in [-0.3, -0.25) is 0 Å². The van der Waals surface area contributed by atoms with Gasteiger partial charge in [0.2, 0.25) is 0 Å². The lowest BCUT2D eigenvalue weighted by Gasteiger charge is -2.33. The van der Waals surface area contributed by atoms with Gasteiger partial charge in [0.15, 0.2) is 0 Å². The van der Waals surface area contributed by atoms with Gasteiger partial charge in [-0.1, -0.05) is 34.1 Å². The zero-order valence-corrected chi connectivity index (χ0v) is 12.0. The molecule has 0 amide bonds. The highest BCUT2D eigenvalue weighted by atomic mass is 79.9. The first-order valence-corrected chi connectivity index (χ1v) is 7.25. The molecule has 0 spiro atoms. The van der Waals surface area contributed by atoms with E-state index in [9.17, 15) is 10.2 Å². The molecule has 18 heavy (non-hydrogen) atoms. The lowest BCUT2D eigenvalue weighted by molar-refractivity contribution is 0.0675. The van der Waals surface area contributed by atoms with Crippen LogP contribution in [-0.2, 0) is 0 Å². The van der Waals surface area contributed by atoms with Crippen molar-refractivity contribution in [2.75, 3.05) is 26.2 Å². The SMILES string of the molecule is OC[C@@H]1CCCN(C[C@H](O)c2ccccc2Br)C1. The largest absolute Gasteiger partial charge is 0.396 e. The molecule has 0 aliphatic carbocycles. The van der Waals surface area contributed by atoms with Gasteiger partial charge in [-0.15, -0.1) is 0 Å². The molecule has 2 rings (SSSR count). The van der Waals surface area contributed by atoms with E-state index in [1.165, 1.54) is 0 Å². The molecular weight excluding hydrogens is 294 g/mol. The first kappa shape index (κ1) is 14.0. The molecule has 2 N–H and O–H groups in total. The number of aliphatic hydroxyl groups excluding tert-OH is 2. The first-order chi connectivity index (χ1) is 8.70. The topological polar surface area (TPSA) is 43.7 Å². The fourth-order valence-corrected chi connectivity index (χ4v) is 3.10. The summed E-state index contributed by atoms with van der Waals surface area (Å²) >= 11 is 3.47. The van der Waals surface area contributed by atoms with Gasteiger partial charge < -0.3 is 15.1 Å². The second-order valence-electron chi connectivity index (χ2n) is 4.99. The van der Waals surface area contributed by atoms with Crippen molar-refractivity contribution in [3.05, 3.63) is 34.3 Å². The molecule has 1 aromatic rings. The van der Waals surface area contributed by atoms with Crippen LogP contribution >= 0.6 is 15.9 Å². The summed E-state index contributed by atoms with van der Waals surface area (Å²) in [5.41, 5.74) is 0.934. The van der Waals surface area contributed by atoms with Gasteiger partial charge in [0.25, 0.3) is 0 Å². The van der Waals surface area contributed by atoms with E-state index in [4.69, 9.17) is 0 Å². The van der Waals surface area contributed by atoms with Gasteiger partial charge in [0.1, 0.15) is 0 Å². The number of nitrogens with zero attached hydrogens (tertiary/aromatic N) is 1. The zero-order chi connectivity index (χ0) is 13.0. The fraction of sp³-hybridized carbons (Fsp3) is 0.571. The van der Waals surface area contributed by atoms with Crippen LogP contribution in [0.1, 0.15) is 24.5 Å². The van der Waals surface area contributed by atoms with E-state index in [-0.39, 0.29) is 6.61 Å². The molecule has 1 aromatic carbocycles. The summed E-state index contributed by atoms with van der Waals surface area (Å²) in [5, 5.41) is 19.5. The Hall–Kier alpha value is -0.420. The van der Waals surface area contributed by atoms with Crippen molar-refractivity contribution >= 4 is 15.9 Å². The predicted octanol–water partition coefficient (Wildman–Crippen LogP) is 2.19. The normalized spacial score (nSPS) is 22.9. The third-order valence-corrected chi connectivity index (χ3v) is 4.28. The molecule has 2 atom stereocenters. The fourth-order valence-electron chi connectivity index (χ4n) is 2.55. The van der Waals surface area contributed by atoms with Gasteiger partial charge in [-0.25, -0.2) is 0 Å². The number of hydrogen-bond donors (Lipinski definition) is 2. The molecule has 3 nitrogen and oxygen atoms in total. The monoisotopic (exact) mass is 313 g/mol. The first-order valence-electron chi connectivity index (χ1n) is 6.46. The lowest BCUT2D eigenvalue weighted by Crippen LogP contribution is -2.39. The predicted molar refractivity (Wildman–Crippen MR) is 75.4 cm³/mol. The number of β-amino-alcohol motifs (C(OH)–C–C–N with tert-alkyl or cyclic N) is 1. The number of likely N-dealkylation sites (tertiary alicyclic amines) is 1. The Morgan fingerprint density at radius 2 is 2.17 bits per heavy atom. The van der Waals surface area contributed by atoms with E-state index in [1.54, 1.807) is 0 Å². The summed E-state index contributed by atoms with van der Waals surface area (Å²) in [7, 11) is 0. The Balaban J connectivity index is 1.95. The number of benzene rings is 1. The number of rotatable bonds is 4. The quantitative estimate of drug-likeness (QED) is 0.895. The summed E-state index contributed by atoms with van der Waals surface area (Å²) < 4.78 is 0.952. The van der Waals surface area contributed by atoms with Crippen molar-refractivity contribution in [1.29, 1.82) is 0 Å². The molecule has 0 unspecified atom stereocenters. The molecule has 0 aromatic heterocycles. The molecule has 4 heteroatoms. The van der Waals surface area contributed by atoms with E-state index in [0.717, 1.165) is 36.0 Å². The van der Waals surface area contributed by atoms with Crippen LogP contribution in [0.4, 0.5) is 0 Å². The van der Waals surface area contributed by atoms with E-state index >= 15 is 0 Å². The lowest BCUT2D eigenvalue weighted by atomic mass is 9.98. The minimum Gasteiger partial charge on any atom is -0.396 e. The van der Waals surface area contributed by atoms with Gasteiger partial charge in [-0.2, -0.15) is 0 Å².